The summed E-state index contributed by atoms with van der Waals surface area (Å²) in [4.78, 5) is 0. The van der Waals surface area contributed by atoms with Crippen molar-refractivity contribution in [3.05, 3.63) is 47.6 Å². The van der Waals surface area contributed by atoms with Crippen molar-refractivity contribution in [1.29, 1.82) is 0 Å². The summed E-state index contributed by atoms with van der Waals surface area (Å²) < 4.78 is 13.1. The van der Waals surface area contributed by atoms with Gasteiger partial charge in [-0.25, -0.2) is 0 Å². The molecule has 0 aliphatic heterocycles. The van der Waals surface area contributed by atoms with Gasteiger partial charge in [0.2, 0.25) is 0 Å². The molecule has 0 spiro atoms. The second-order valence-electron chi connectivity index (χ2n) is 13.6. The first-order valence-corrected chi connectivity index (χ1v) is 37.1. The van der Waals surface area contributed by atoms with Gasteiger partial charge in [0.15, 0.2) is 0 Å². The Bertz CT molecular complexity index is 765. The van der Waals surface area contributed by atoms with E-state index in [1.165, 1.54) is 38.5 Å². The molecule has 4 unspecified atom stereocenters. The molecule has 0 N–H and O–H groups in total. The second kappa shape index (κ2) is 4.30. The average molecular weight is 507 g/mol. The Kier molecular flexibility index (Phi) is 3.13. The Balaban J connectivity index is 1.90. The third-order valence-corrected chi connectivity index (χ3v) is 47.7. The van der Waals surface area contributed by atoms with Gasteiger partial charge < -0.3 is 0 Å². The van der Waals surface area contributed by atoms with Crippen LogP contribution in [-0.4, -0.2) is 6.94 Å². The first-order chi connectivity index (χ1) is 10.9. The van der Waals surface area contributed by atoms with Crippen LogP contribution in [0.15, 0.2) is 47.6 Å². The van der Waals surface area contributed by atoms with Crippen molar-refractivity contribution >= 4 is 6.94 Å². The van der Waals surface area contributed by atoms with Crippen LogP contribution in [0.5, 0.6) is 0 Å². The standard InChI is InChI=1S/2C9H11.4CH3.Hf.H2Si/c2*1-2-5-9-7-3-6-8(9)4-1;;;;;;/h2*1-2,4,6,9H,3,5,7H2;4*1H3;;1H2. The predicted octanol–water partition coefficient (Wildman–Crippen LogP) is 6.66. The van der Waals surface area contributed by atoms with Crippen molar-refractivity contribution in [2.75, 3.05) is 0 Å². The molecule has 0 aromatic rings. The normalized spacial score (nSPS) is 39.8. The van der Waals surface area contributed by atoms with Crippen molar-refractivity contribution in [3.8, 4) is 0 Å². The zero-order valence-corrected chi connectivity index (χ0v) is 21.2. The third kappa shape index (κ3) is 2.38. The number of fused-ring (bicyclic) bond motifs is 2. The van der Waals surface area contributed by atoms with Gasteiger partial charge in [0, 0.05) is 0 Å². The van der Waals surface area contributed by atoms with Crippen LogP contribution in [0, 0.1) is 11.8 Å². The molecule has 2 saturated carbocycles. The van der Waals surface area contributed by atoms with Crippen molar-refractivity contribution in [2.45, 2.75) is 64.6 Å². The van der Waals surface area contributed by atoms with Gasteiger partial charge in [-0.1, -0.05) is 0 Å². The number of rotatable bonds is 2. The molecule has 0 saturated heterocycles. The first kappa shape index (κ1) is 17.5. The molecule has 0 aromatic heterocycles. The van der Waals surface area contributed by atoms with E-state index in [0.29, 0.717) is 0 Å². The second-order valence-corrected chi connectivity index (χ2v) is 101. The molecule has 132 valence electrons. The molecule has 24 heavy (non-hydrogen) atoms. The molecule has 0 bridgehead atoms. The minimum atomic E-state index is -4.06. The fourth-order valence-corrected chi connectivity index (χ4v) is 43.5. The molecule has 0 amide bonds. The van der Waals surface area contributed by atoms with Gasteiger partial charge in [0.1, 0.15) is 0 Å². The summed E-state index contributed by atoms with van der Waals surface area (Å²) in [5.74, 6) is 1.70. The molecule has 0 nitrogen and oxygen atoms in total. The van der Waals surface area contributed by atoms with E-state index in [-0.39, 0.29) is 0 Å². The molecule has 2 fully saturated rings. The van der Waals surface area contributed by atoms with E-state index in [0.717, 1.165) is 19.2 Å². The molecule has 4 rings (SSSR count). The van der Waals surface area contributed by atoms with Crippen molar-refractivity contribution in [3.63, 3.8) is 0 Å². The molecule has 0 radical (unpaired) electrons. The van der Waals surface area contributed by atoms with E-state index >= 15 is 0 Å². The van der Waals surface area contributed by atoms with E-state index in [1.54, 1.807) is 0 Å². The van der Waals surface area contributed by atoms with Crippen molar-refractivity contribution in [1.82, 2.24) is 0 Å². The number of hydrogen-bond donors (Lipinski definition) is 0. The van der Waals surface area contributed by atoms with Crippen LogP contribution < -0.4 is 0 Å². The van der Waals surface area contributed by atoms with Crippen LogP contribution in [0.3, 0.4) is 0 Å². The summed E-state index contributed by atoms with van der Waals surface area (Å²) in [7, 11) is 0. The van der Waals surface area contributed by atoms with E-state index in [4.69, 9.17) is 0 Å². The van der Waals surface area contributed by atoms with Gasteiger partial charge in [-0.2, -0.15) is 0 Å². The summed E-state index contributed by atoms with van der Waals surface area (Å²) in [6.45, 7) is 2.54. The number of hydrogen-bond acceptors (Lipinski definition) is 0. The molecule has 2 heteroatoms. The van der Waals surface area contributed by atoms with Crippen LogP contribution in [0.25, 0.3) is 0 Å². The predicted molar refractivity (Wildman–Crippen MR) is 109 cm³/mol. The zero-order chi connectivity index (χ0) is 17.3. The maximum atomic E-state index is 2.83. The summed E-state index contributed by atoms with van der Waals surface area (Å²) in [6.07, 6.45) is 22.9. The molecule has 4 aliphatic carbocycles. The summed E-state index contributed by atoms with van der Waals surface area (Å²) in [6, 6.07) is 0. The SMILES string of the molecule is [CH3][Hf]([CH3])([CH3])([CH3])(=[SiH2])([CH]1CCC2CC=CC=C21)[CH]1CCC2CC=CC=C21. The van der Waals surface area contributed by atoms with Crippen molar-refractivity contribution in [2.24, 2.45) is 11.8 Å². The van der Waals surface area contributed by atoms with Gasteiger partial charge in [-0.05, 0) is 0 Å². The average Bonchev–Trinajstić information content (AvgIpc) is 3.11. The van der Waals surface area contributed by atoms with Crippen LogP contribution in [-0.2, 0) is 14.2 Å². The van der Waals surface area contributed by atoms with Gasteiger partial charge in [-0.3, -0.25) is 0 Å². The van der Waals surface area contributed by atoms with E-state index in [9.17, 15) is 0 Å². The summed E-state index contributed by atoms with van der Waals surface area (Å²) in [5.41, 5.74) is 3.67. The molecule has 4 atom stereocenters. The van der Waals surface area contributed by atoms with Crippen molar-refractivity contribution < 1.29 is 14.2 Å². The van der Waals surface area contributed by atoms with Crippen LogP contribution in [0.1, 0.15) is 38.5 Å². The van der Waals surface area contributed by atoms with E-state index in [2.05, 4.69) is 62.1 Å². The topological polar surface area (TPSA) is 0 Å². The summed E-state index contributed by atoms with van der Waals surface area (Å²) in [5, 5.41) is 0. The monoisotopic (exact) mass is 508 g/mol. The zero-order valence-electron chi connectivity index (χ0n) is 16.2. The Morgan fingerprint density at radius 1 is 0.750 bits per heavy atom. The Morgan fingerprint density at radius 3 is 1.58 bits per heavy atom. The van der Waals surface area contributed by atoms with Gasteiger partial charge in [0.05, 0.1) is 0 Å². The van der Waals surface area contributed by atoms with Gasteiger partial charge >= 0.3 is 145 Å². The van der Waals surface area contributed by atoms with Gasteiger partial charge in [0.25, 0.3) is 0 Å². The number of allylic oxidation sites excluding steroid dienone is 8. The van der Waals surface area contributed by atoms with E-state index < -0.39 is 14.2 Å². The Morgan fingerprint density at radius 2 is 1.17 bits per heavy atom. The molecule has 0 aromatic carbocycles. The molecular weight excluding hydrogens is 471 g/mol. The fourth-order valence-electron chi connectivity index (χ4n) is 7.36. The Labute approximate surface area is 144 Å². The summed E-state index contributed by atoms with van der Waals surface area (Å²) >= 11 is -4.06. The van der Waals surface area contributed by atoms with E-state index in [1.807, 2.05) is 11.1 Å². The molecule has 4 aliphatic rings. The first-order valence-electron chi connectivity index (χ1n) is 10.3. The van der Waals surface area contributed by atoms with Gasteiger partial charge in [-0.15, -0.1) is 0 Å². The fraction of sp³-hybridized carbons (Fsp3) is 0.636. The van der Waals surface area contributed by atoms with Crippen LogP contribution in [0.2, 0.25) is 26.1 Å². The third-order valence-electron chi connectivity index (χ3n) is 8.73. The van der Waals surface area contributed by atoms with Crippen LogP contribution in [0.4, 0.5) is 0 Å². The molecular formula is C22H36HfSi. The quantitative estimate of drug-likeness (QED) is 0.367. The maximum absolute atomic E-state index is 4.06. The Hall–Kier alpha value is 0.0470. The van der Waals surface area contributed by atoms with Crippen LogP contribution >= 0.6 is 0 Å². The minimum absolute atomic E-state index is 0.848. The molecule has 0 heterocycles.